The molecule has 0 N–H and O–H groups in total. The van der Waals surface area contributed by atoms with Crippen molar-refractivity contribution in [2.75, 3.05) is 4.90 Å². The monoisotopic (exact) mass is 632 g/mol. The minimum atomic E-state index is -0.261. The number of hydrogen-bond acceptors (Lipinski definition) is 2. The average Bonchev–Trinajstić information content (AvgIpc) is 3.68. The number of hydrogen-bond donors (Lipinski definition) is 0. The van der Waals surface area contributed by atoms with Crippen molar-refractivity contribution in [2.24, 2.45) is 0 Å². The van der Waals surface area contributed by atoms with Crippen LogP contribution in [0.2, 0.25) is 0 Å². The van der Waals surface area contributed by atoms with E-state index < -0.39 is 0 Å². The predicted octanol–water partition coefficient (Wildman–Crippen LogP) is 12.9. The van der Waals surface area contributed by atoms with E-state index in [1.54, 1.807) is 0 Å². The molecule has 3 heterocycles. The summed E-state index contributed by atoms with van der Waals surface area (Å²) in [7, 11) is 0. The fourth-order valence-corrected chi connectivity index (χ4v) is 9.27. The molecule has 0 bridgehead atoms. The molecule has 2 aromatic heterocycles. The number of benzene rings is 7. The Bertz CT molecular complexity index is 2640. The van der Waals surface area contributed by atoms with Crippen LogP contribution >= 0.6 is 11.3 Å². The zero-order valence-electron chi connectivity index (χ0n) is 26.8. The van der Waals surface area contributed by atoms with Gasteiger partial charge in [-0.2, -0.15) is 0 Å². The molecule has 7 aromatic carbocycles. The van der Waals surface area contributed by atoms with E-state index in [0.717, 1.165) is 5.69 Å². The molecule has 0 unspecified atom stereocenters. The van der Waals surface area contributed by atoms with E-state index >= 15 is 0 Å². The van der Waals surface area contributed by atoms with Crippen LogP contribution in [0.25, 0.3) is 58.8 Å². The highest BCUT2D eigenvalue weighted by molar-refractivity contribution is 7.25. The maximum absolute atomic E-state index is 2.49. The van der Waals surface area contributed by atoms with Crippen LogP contribution in [-0.4, -0.2) is 4.57 Å². The number of thiophene rings is 1. The Labute approximate surface area is 283 Å². The molecule has 0 atom stereocenters. The van der Waals surface area contributed by atoms with Crippen molar-refractivity contribution in [3.8, 4) is 16.8 Å². The maximum Gasteiger partial charge on any atom is 0.0541 e. The zero-order chi connectivity index (χ0) is 32.0. The lowest BCUT2D eigenvalue weighted by Gasteiger charge is -2.43. The van der Waals surface area contributed by atoms with Crippen LogP contribution in [-0.2, 0) is 5.41 Å². The Morgan fingerprint density at radius 1 is 0.479 bits per heavy atom. The van der Waals surface area contributed by atoms with Gasteiger partial charge in [-0.1, -0.05) is 111 Å². The lowest BCUT2D eigenvalue weighted by Crippen LogP contribution is -2.31. The number of fused-ring (bicyclic) bond motifs is 9. The SMILES string of the molecule is CC1(C)c2cc(-n3c4ccccc4c4ccccc43)ccc2N(c2ccc(-c3ccccc3)cc2)c2ccc3sc4ccccc4c3c21. The number of aromatic nitrogens is 1. The summed E-state index contributed by atoms with van der Waals surface area (Å²) in [6, 6.07) is 58.0. The van der Waals surface area contributed by atoms with Gasteiger partial charge in [-0.15, -0.1) is 11.3 Å². The van der Waals surface area contributed by atoms with E-state index in [1.165, 1.54) is 81.3 Å². The van der Waals surface area contributed by atoms with Crippen LogP contribution in [0.1, 0.15) is 25.0 Å². The van der Waals surface area contributed by atoms with Gasteiger partial charge in [-0.3, -0.25) is 0 Å². The van der Waals surface area contributed by atoms with E-state index in [-0.39, 0.29) is 5.41 Å². The zero-order valence-corrected chi connectivity index (χ0v) is 27.6. The fourth-order valence-electron chi connectivity index (χ4n) is 8.16. The van der Waals surface area contributed by atoms with Crippen molar-refractivity contribution in [3.63, 3.8) is 0 Å². The van der Waals surface area contributed by atoms with Crippen LogP contribution in [0.15, 0.2) is 158 Å². The molecule has 1 aliphatic rings. The summed E-state index contributed by atoms with van der Waals surface area (Å²) in [6.07, 6.45) is 0. The molecule has 48 heavy (non-hydrogen) atoms. The van der Waals surface area contributed by atoms with Gasteiger partial charge in [0.2, 0.25) is 0 Å². The highest BCUT2D eigenvalue weighted by Crippen LogP contribution is 2.56. The van der Waals surface area contributed by atoms with Gasteiger partial charge in [0, 0.05) is 47.7 Å². The second-order valence-electron chi connectivity index (χ2n) is 13.4. The molecule has 0 saturated carbocycles. The smallest absolute Gasteiger partial charge is 0.0541 e. The number of para-hydroxylation sites is 2. The van der Waals surface area contributed by atoms with Crippen LogP contribution < -0.4 is 4.90 Å². The Hall–Kier alpha value is -5.64. The van der Waals surface area contributed by atoms with Crippen LogP contribution in [0.5, 0.6) is 0 Å². The van der Waals surface area contributed by atoms with Crippen molar-refractivity contribution in [3.05, 3.63) is 169 Å². The van der Waals surface area contributed by atoms with Gasteiger partial charge in [0.1, 0.15) is 0 Å². The summed E-state index contributed by atoms with van der Waals surface area (Å²) in [4.78, 5) is 2.49. The largest absolute Gasteiger partial charge is 0.310 e. The minimum Gasteiger partial charge on any atom is -0.310 e. The quantitative estimate of drug-likeness (QED) is 0.188. The topological polar surface area (TPSA) is 8.17 Å². The van der Waals surface area contributed by atoms with Gasteiger partial charge in [-0.05, 0) is 82.9 Å². The van der Waals surface area contributed by atoms with Crippen LogP contribution in [0.4, 0.5) is 17.1 Å². The standard InChI is InChI=1S/C45H32N2S/c1-45(2)36-28-32(47-37-17-9-6-14-33(37)34-15-7-10-18-38(34)47)24-25-39(36)46(31-22-20-30(21-23-31)29-12-4-3-5-13-29)40-26-27-42-43(44(40)45)35-16-8-11-19-41(35)48-42/h3-28H,1-2H3. The molecule has 0 amide bonds. The molecule has 0 aliphatic carbocycles. The van der Waals surface area contributed by atoms with Crippen molar-refractivity contribution < 1.29 is 0 Å². The van der Waals surface area contributed by atoms with Crippen molar-refractivity contribution >= 4 is 70.4 Å². The summed E-state index contributed by atoms with van der Waals surface area (Å²) < 4.78 is 5.11. The molecular formula is C45H32N2S. The summed E-state index contributed by atoms with van der Waals surface area (Å²) in [5.41, 5.74) is 12.2. The first-order valence-corrected chi connectivity index (χ1v) is 17.4. The summed E-state index contributed by atoms with van der Waals surface area (Å²) >= 11 is 1.89. The molecule has 228 valence electrons. The van der Waals surface area contributed by atoms with E-state index in [2.05, 4.69) is 181 Å². The molecule has 0 saturated heterocycles. The molecule has 0 radical (unpaired) electrons. The fraction of sp³-hybridized carbons (Fsp3) is 0.0667. The summed E-state index contributed by atoms with van der Waals surface area (Å²) in [5.74, 6) is 0. The van der Waals surface area contributed by atoms with Gasteiger partial charge in [-0.25, -0.2) is 0 Å². The molecule has 0 fully saturated rings. The van der Waals surface area contributed by atoms with Crippen LogP contribution in [0.3, 0.4) is 0 Å². The summed E-state index contributed by atoms with van der Waals surface area (Å²) in [5, 5.41) is 5.27. The molecule has 9 aromatic rings. The maximum atomic E-state index is 2.49. The van der Waals surface area contributed by atoms with Gasteiger partial charge >= 0.3 is 0 Å². The molecule has 3 heteroatoms. The second-order valence-corrected chi connectivity index (χ2v) is 14.5. The molecule has 0 spiro atoms. The van der Waals surface area contributed by atoms with Crippen molar-refractivity contribution in [1.82, 2.24) is 4.57 Å². The third kappa shape index (κ3) is 3.85. The van der Waals surface area contributed by atoms with E-state index in [9.17, 15) is 0 Å². The van der Waals surface area contributed by atoms with Crippen LogP contribution in [0, 0.1) is 0 Å². The number of rotatable bonds is 3. The lowest BCUT2D eigenvalue weighted by atomic mass is 9.72. The van der Waals surface area contributed by atoms with Crippen molar-refractivity contribution in [1.29, 1.82) is 0 Å². The normalized spacial score (nSPS) is 13.8. The average molecular weight is 633 g/mol. The minimum absolute atomic E-state index is 0.261. The highest BCUT2D eigenvalue weighted by atomic mass is 32.1. The Morgan fingerprint density at radius 2 is 1.06 bits per heavy atom. The predicted molar refractivity (Wildman–Crippen MR) is 206 cm³/mol. The lowest BCUT2D eigenvalue weighted by molar-refractivity contribution is 0.638. The molecule has 1 aliphatic heterocycles. The van der Waals surface area contributed by atoms with E-state index in [1.807, 2.05) is 11.3 Å². The third-order valence-corrected chi connectivity index (χ3v) is 11.5. The molecular weight excluding hydrogens is 601 g/mol. The van der Waals surface area contributed by atoms with Gasteiger partial charge in [0.25, 0.3) is 0 Å². The Morgan fingerprint density at radius 3 is 1.79 bits per heavy atom. The highest BCUT2D eigenvalue weighted by Gasteiger charge is 2.39. The van der Waals surface area contributed by atoms with Crippen molar-refractivity contribution in [2.45, 2.75) is 19.3 Å². The van der Waals surface area contributed by atoms with Gasteiger partial charge < -0.3 is 9.47 Å². The van der Waals surface area contributed by atoms with Gasteiger partial charge in [0.15, 0.2) is 0 Å². The number of anilines is 3. The van der Waals surface area contributed by atoms with Gasteiger partial charge in [0.05, 0.1) is 22.4 Å². The molecule has 10 rings (SSSR count). The first-order valence-electron chi connectivity index (χ1n) is 16.6. The third-order valence-electron chi connectivity index (χ3n) is 10.4. The Kier molecular flexibility index (Phi) is 5.82. The number of nitrogens with zero attached hydrogens (tertiary/aromatic N) is 2. The first-order chi connectivity index (χ1) is 23.6. The first kappa shape index (κ1) is 27.5. The second kappa shape index (κ2) is 10.2. The van der Waals surface area contributed by atoms with E-state index in [4.69, 9.17) is 0 Å². The summed E-state index contributed by atoms with van der Waals surface area (Å²) in [6.45, 7) is 4.84. The molecule has 2 nitrogen and oxygen atoms in total. The van der Waals surface area contributed by atoms with E-state index in [0.29, 0.717) is 0 Å². The Balaban J connectivity index is 1.25.